The topological polar surface area (TPSA) is 87.7 Å². The summed E-state index contributed by atoms with van der Waals surface area (Å²) >= 11 is 0. The second-order valence-electron chi connectivity index (χ2n) is 6.62. The summed E-state index contributed by atoms with van der Waals surface area (Å²) in [6.45, 7) is 4.80. The third-order valence-corrected chi connectivity index (χ3v) is 4.77. The molecule has 8 heteroatoms. The van der Waals surface area contributed by atoms with Crippen LogP contribution in [0, 0.1) is 0 Å². The maximum Gasteiger partial charge on any atom is 0.254 e. The molecule has 0 atom stereocenters. The van der Waals surface area contributed by atoms with Gasteiger partial charge in [-0.15, -0.1) is 0 Å². The van der Waals surface area contributed by atoms with Crippen molar-refractivity contribution in [1.29, 1.82) is 0 Å². The van der Waals surface area contributed by atoms with E-state index < -0.39 is 0 Å². The molecule has 0 saturated carbocycles. The van der Waals surface area contributed by atoms with Crippen LogP contribution in [-0.4, -0.2) is 66.5 Å². The van der Waals surface area contributed by atoms with Crippen LogP contribution in [0.1, 0.15) is 22.8 Å². The monoisotopic (exact) mass is 383 g/mol. The molecule has 2 amide bonds. The molecule has 3 rings (SSSR count). The molecule has 0 bridgehead atoms. The fourth-order valence-corrected chi connectivity index (χ4v) is 3.04. The third-order valence-electron chi connectivity index (χ3n) is 4.77. The number of methoxy groups -OCH3 is 1. The highest BCUT2D eigenvalue weighted by atomic mass is 16.5. The van der Waals surface area contributed by atoms with Gasteiger partial charge in [-0.2, -0.15) is 0 Å². The number of benzene rings is 1. The predicted molar refractivity (Wildman–Crippen MR) is 106 cm³/mol. The number of ether oxygens (including phenoxy) is 1. The Morgan fingerprint density at radius 3 is 2.29 bits per heavy atom. The second kappa shape index (κ2) is 9.16. The summed E-state index contributed by atoms with van der Waals surface area (Å²) in [5.41, 5.74) is 1.55. The summed E-state index contributed by atoms with van der Waals surface area (Å²) in [7, 11) is 1.63. The maximum absolute atomic E-state index is 12.3. The van der Waals surface area contributed by atoms with Gasteiger partial charge in [-0.25, -0.2) is 9.97 Å². The van der Waals surface area contributed by atoms with Gasteiger partial charge in [-0.05, 0) is 24.1 Å². The van der Waals surface area contributed by atoms with E-state index in [0.29, 0.717) is 44.2 Å². The first-order valence-corrected chi connectivity index (χ1v) is 9.30. The van der Waals surface area contributed by atoms with Gasteiger partial charge in [0.2, 0.25) is 11.9 Å². The zero-order chi connectivity index (χ0) is 19.9. The number of rotatable bonds is 6. The Balaban J connectivity index is 1.47. The highest BCUT2D eigenvalue weighted by Gasteiger charge is 2.20. The lowest BCUT2D eigenvalue weighted by molar-refractivity contribution is -0.129. The number of aromatic nitrogens is 2. The van der Waals surface area contributed by atoms with Crippen molar-refractivity contribution < 1.29 is 14.3 Å². The third kappa shape index (κ3) is 4.97. The molecule has 1 aliphatic rings. The van der Waals surface area contributed by atoms with Crippen LogP contribution in [0.3, 0.4) is 0 Å². The van der Waals surface area contributed by atoms with Crippen LogP contribution < -0.4 is 15.0 Å². The van der Waals surface area contributed by atoms with Gasteiger partial charge in [-0.1, -0.05) is 12.1 Å². The number of nitrogens with zero attached hydrogens (tertiary/aromatic N) is 4. The standard InChI is InChI=1S/C20H25N5O3/c1-15(26)24-9-11-25(12-10-24)20-22-13-17(14-23-20)19(27)21-8-7-16-3-5-18(28-2)6-4-16/h3-6,13-14H,7-12H2,1-2H3,(H,21,27). The number of amides is 2. The Morgan fingerprint density at radius 2 is 1.71 bits per heavy atom. The van der Waals surface area contributed by atoms with E-state index in [2.05, 4.69) is 15.3 Å². The number of carbonyl (C=O) groups excluding carboxylic acids is 2. The molecule has 1 N–H and O–H groups in total. The number of nitrogens with one attached hydrogen (secondary N) is 1. The van der Waals surface area contributed by atoms with Crippen LogP contribution >= 0.6 is 0 Å². The molecule has 2 aromatic rings. The Labute approximate surface area is 164 Å². The lowest BCUT2D eigenvalue weighted by Gasteiger charge is -2.34. The molecule has 8 nitrogen and oxygen atoms in total. The zero-order valence-corrected chi connectivity index (χ0v) is 16.2. The van der Waals surface area contributed by atoms with E-state index in [4.69, 9.17) is 4.74 Å². The van der Waals surface area contributed by atoms with E-state index in [-0.39, 0.29) is 11.8 Å². The SMILES string of the molecule is COc1ccc(CCNC(=O)c2cnc(N3CCN(C(C)=O)CC3)nc2)cc1. The normalized spacial score (nSPS) is 13.9. The van der Waals surface area contributed by atoms with Crippen LogP contribution in [-0.2, 0) is 11.2 Å². The molecule has 2 heterocycles. The smallest absolute Gasteiger partial charge is 0.254 e. The molecule has 1 aromatic heterocycles. The Bertz CT molecular complexity index is 800. The molecule has 1 aliphatic heterocycles. The molecule has 0 unspecified atom stereocenters. The minimum absolute atomic E-state index is 0.0854. The quantitative estimate of drug-likeness (QED) is 0.805. The molecular formula is C20H25N5O3. The molecule has 148 valence electrons. The average Bonchev–Trinajstić information content (AvgIpc) is 2.74. The number of hydrogen-bond acceptors (Lipinski definition) is 6. The van der Waals surface area contributed by atoms with Crippen LogP contribution in [0.25, 0.3) is 0 Å². The summed E-state index contributed by atoms with van der Waals surface area (Å²) in [4.78, 5) is 36.1. The van der Waals surface area contributed by atoms with Gasteiger partial charge in [0.15, 0.2) is 0 Å². The van der Waals surface area contributed by atoms with Gasteiger partial charge in [0, 0.05) is 52.0 Å². The van der Waals surface area contributed by atoms with Gasteiger partial charge in [0.05, 0.1) is 12.7 Å². The van der Waals surface area contributed by atoms with Crippen molar-refractivity contribution in [2.75, 3.05) is 44.7 Å². The summed E-state index contributed by atoms with van der Waals surface area (Å²) in [5.74, 6) is 1.29. The van der Waals surface area contributed by atoms with Gasteiger partial charge in [0.1, 0.15) is 5.75 Å². The minimum Gasteiger partial charge on any atom is -0.497 e. The van der Waals surface area contributed by atoms with Crippen molar-refractivity contribution >= 4 is 17.8 Å². The van der Waals surface area contributed by atoms with Crippen LogP contribution in [0.15, 0.2) is 36.7 Å². The van der Waals surface area contributed by atoms with Crippen molar-refractivity contribution in [3.05, 3.63) is 47.8 Å². The summed E-state index contributed by atoms with van der Waals surface area (Å²) in [6, 6.07) is 7.77. The fraction of sp³-hybridized carbons (Fsp3) is 0.400. The second-order valence-corrected chi connectivity index (χ2v) is 6.62. The highest BCUT2D eigenvalue weighted by Crippen LogP contribution is 2.12. The summed E-state index contributed by atoms with van der Waals surface area (Å²) in [6.07, 6.45) is 3.82. The van der Waals surface area contributed by atoms with E-state index in [9.17, 15) is 9.59 Å². The number of hydrogen-bond donors (Lipinski definition) is 1. The van der Waals surface area contributed by atoms with E-state index in [0.717, 1.165) is 17.7 Å². The summed E-state index contributed by atoms with van der Waals surface area (Å²) in [5, 5.41) is 2.89. The number of anilines is 1. The molecule has 0 aliphatic carbocycles. The number of carbonyl (C=O) groups is 2. The minimum atomic E-state index is -0.193. The number of piperazine rings is 1. The molecule has 1 fully saturated rings. The Hall–Kier alpha value is -3.16. The lowest BCUT2D eigenvalue weighted by atomic mass is 10.1. The highest BCUT2D eigenvalue weighted by molar-refractivity contribution is 5.93. The molecular weight excluding hydrogens is 358 g/mol. The van der Waals surface area contributed by atoms with Gasteiger partial charge >= 0.3 is 0 Å². The van der Waals surface area contributed by atoms with Crippen LogP contribution in [0.5, 0.6) is 5.75 Å². The molecule has 1 saturated heterocycles. The van der Waals surface area contributed by atoms with Crippen molar-refractivity contribution in [3.8, 4) is 5.75 Å². The Kier molecular flexibility index (Phi) is 6.41. The van der Waals surface area contributed by atoms with Gasteiger partial charge < -0.3 is 19.9 Å². The average molecular weight is 383 g/mol. The Morgan fingerprint density at radius 1 is 1.07 bits per heavy atom. The van der Waals surface area contributed by atoms with Crippen LogP contribution in [0.4, 0.5) is 5.95 Å². The summed E-state index contributed by atoms with van der Waals surface area (Å²) < 4.78 is 5.13. The van der Waals surface area contributed by atoms with Crippen molar-refractivity contribution in [2.24, 2.45) is 0 Å². The lowest BCUT2D eigenvalue weighted by Crippen LogP contribution is -2.48. The van der Waals surface area contributed by atoms with Gasteiger partial charge in [-0.3, -0.25) is 9.59 Å². The van der Waals surface area contributed by atoms with Crippen molar-refractivity contribution in [2.45, 2.75) is 13.3 Å². The van der Waals surface area contributed by atoms with E-state index in [1.54, 1.807) is 31.3 Å². The predicted octanol–water partition coefficient (Wildman–Crippen LogP) is 1.13. The first-order valence-electron chi connectivity index (χ1n) is 9.30. The van der Waals surface area contributed by atoms with E-state index in [1.807, 2.05) is 29.2 Å². The first-order chi connectivity index (χ1) is 13.6. The van der Waals surface area contributed by atoms with Crippen molar-refractivity contribution in [3.63, 3.8) is 0 Å². The fourth-order valence-electron chi connectivity index (χ4n) is 3.04. The largest absolute Gasteiger partial charge is 0.497 e. The van der Waals surface area contributed by atoms with E-state index >= 15 is 0 Å². The zero-order valence-electron chi connectivity index (χ0n) is 16.2. The van der Waals surface area contributed by atoms with Gasteiger partial charge in [0.25, 0.3) is 5.91 Å². The molecule has 28 heavy (non-hydrogen) atoms. The maximum atomic E-state index is 12.3. The molecule has 0 spiro atoms. The molecule has 0 radical (unpaired) electrons. The van der Waals surface area contributed by atoms with Crippen LogP contribution in [0.2, 0.25) is 0 Å². The van der Waals surface area contributed by atoms with Crippen molar-refractivity contribution in [1.82, 2.24) is 20.2 Å². The first kappa shape index (κ1) is 19.6. The molecule has 1 aromatic carbocycles. The van der Waals surface area contributed by atoms with E-state index in [1.165, 1.54) is 0 Å².